The highest BCUT2D eigenvalue weighted by Gasteiger charge is 2.27. The van der Waals surface area contributed by atoms with Crippen molar-refractivity contribution in [2.24, 2.45) is 0 Å². The molecular weight excluding hydrogens is 629 g/mol. The third-order valence-electron chi connectivity index (χ3n) is 4.97. The average Bonchev–Trinajstić information content (AvgIpc) is 2.89. The summed E-state index contributed by atoms with van der Waals surface area (Å²) in [6, 6.07) is 21.5. The van der Waals surface area contributed by atoms with E-state index < -0.39 is 32.5 Å². The fourth-order valence-corrected chi connectivity index (χ4v) is 5.98. The lowest BCUT2D eigenvalue weighted by Crippen LogP contribution is -2.38. The van der Waals surface area contributed by atoms with Gasteiger partial charge >= 0.3 is 0 Å². The minimum Gasteiger partial charge on any atom is -0.325 e. The summed E-state index contributed by atoms with van der Waals surface area (Å²) in [4.78, 5) is 20.5. The minimum atomic E-state index is -4.04. The first-order valence-electron chi connectivity index (χ1n) is 10.7. The lowest BCUT2D eigenvalue weighted by Gasteiger charge is -2.24. The molecule has 190 valence electrons. The second-order valence-electron chi connectivity index (χ2n) is 7.55. The van der Waals surface area contributed by atoms with Crippen LogP contribution in [0.1, 0.15) is 0 Å². The zero-order chi connectivity index (χ0) is 26.5. The van der Waals surface area contributed by atoms with E-state index in [1.807, 2.05) is 0 Å². The molecule has 0 radical (unpaired) electrons. The maximum Gasteiger partial charge on any atom is 0.264 e. The van der Waals surface area contributed by atoms with Crippen LogP contribution in [-0.2, 0) is 24.8 Å². The third kappa shape index (κ3) is 6.61. The number of amides is 1. The van der Waals surface area contributed by atoms with Crippen LogP contribution in [0.15, 0.2) is 107 Å². The van der Waals surface area contributed by atoms with Gasteiger partial charge in [0.05, 0.1) is 15.5 Å². The molecule has 0 aliphatic carbocycles. The number of sulfonamides is 2. The molecule has 13 heteroatoms. The molecule has 0 atom stereocenters. The van der Waals surface area contributed by atoms with Gasteiger partial charge in [-0.2, -0.15) is 0 Å². The Morgan fingerprint density at radius 3 is 2.03 bits per heavy atom. The Bertz CT molecular complexity index is 1590. The normalized spacial score (nSPS) is 11.5. The quantitative estimate of drug-likeness (QED) is 0.264. The molecule has 0 spiro atoms. The Labute approximate surface area is 228 Å². The van der Waals surface area contributed by atoms with E-state index in [-0.39, 0.29) is 15.7 Å². The minimum absolute atomic E-state index is 0.0470. The molecule has 0 bridgehead atoms. The summed E-state index contributed by atoms with van der Waals surface area (Å²) in [6.45, 7) is -0.495. The number of halogens is 1. The van der Waals surface area contributed by atoms with Gasteiger partial charge in [0.1, 0.15) is 6.54 Å². The van der Waals surface area contributed by atoms with Crippen molar-refractivity contribution in [1.82, 2.24) is 9.97 Å². The lowest BCUT2D eigenvalue weighted by molar-refractivity contribution is -0.114. The number of benzene rings is 3. The first-order valence-corrected chi connectivity index (χ1v) is 14.7. The molecule has 2 N–H and O–H groups in total. The number of nitrogens with one attached hydrogen (secondary N) is 2. The first kappa shape index (κ1) is 26.5. The van der Waals surface area contributed by atoms with Crippen molar-refractivity contribution < 1.29 is 21.6 Å². The number of rotatable bonds is 9. The zero-order valence-electron chi connectivity index (χ0n) is 19.0. The van der Waals surface area contributed by atoms with E-state index in [0.29, 0.717) is 11.4 Å². The van der Waals surface area contributed by atoms with Gasteiger partial charge in [0, 0.05) is 21.7 Å². The van der Waals surface area contributed by atoms with Crippen molar-refractivity contribution in [3.63, 3.8) is 0 Å². The SMILES string of the molecule is O=C(CN(c1ccc(I)cc1)S(=O)(=O)c1ccccc1)Nc1ccc(S(=O)(=O)Nc2ncccn2)cc1. The summed E-state index contributed by atoms with van der Waals surface area (Å²) in [7, 11) is -7.98. The van der Waals surface area contributed by atoms with Gasteiger partial charge in [-0.3, -0.25) is 9.10 Å². The van der Waals surface area contributed by atoms with Gasteiger partial charge in [-0.15, -0.1) is 0 Å². The Kier molecular flexibility index (Phi) is 8.04. The molecule has 0 saturated carbocycles. The number of hydrogen-bond acceptors (Lipinski definition) is 7. The number of anilines is 3. The number of carbonyl (C=O) groups excluding carboxylic acids is 1. The fourth-order valence-electron chi connectivity index (χ4n) is 3.22. The molecule has 4 rings (SSSR count). The molecule has 37 heavy (non-hydrogen) atoms. The zero-order valence-corrected chi connectivity index (χ0v) is 22.8. The van der Waals surface area contributed by atoms with Crippen LogP contribution in [0, 0.1) is 3.57 Å². The monoisotopic (exact) mass is 649 g/mol. The summed E-state index contributed by atoms with van der Waals surface area (Å²) >= 11 is 2.11. The van der Waals surface area contributed by atoms with Crippen LogP contribution < -0.4 is 14.3 Å². The molecular formula is C24H20IN5O5S2. The second-order valence-corrected chi connectivity index (χ2v) is 12.3. The highest BCUT2D eigenvalue weighted by molar-refractivity contribution is 14.1. The van der Waals surface area contributed by atoms with Gasteiger partial charge in [-0.25, -0.2) is 31.5 Å². The Morgan fingerprint density at radius 1 is 0.784 bits per heavy atom. The predicted molar refractivity (Wildman–Crippen MR) is 148 cm³/mol. The highest BCUT2D eigenvalue weighted by Crippen LogP contribution is 2.25. The highest BCUT2D eigenvalue weighted by atomic mass is 127. The van der Waals surface area contributed by atoms with Crippen LogP contribution in [0.5, 0.6) is 0 Å². The van der Waals surface area contributed by atoms with Gasteiger partial charge < -0.3 is 5.32 Å². The Morgan fingerprint density at radius 2 is 1.41 bits per heavy atom. The third-order valence-corrected chi connectivity index (χ3v) is 8.82. The fraction of sp³-hybridized carbons (Fsp3) is 0.0417. The Balaban J connectivity index is 1.52. The van der Waals surface area contributed by atoms with Crippen molar-refractivity contribution >= 4 is 65.9 Å². The van der Waals surface area contributed by atoms with Crippen LogP contribution in [0.2, 0.25) is 0 Å². The number of carbonyl (C=O) groups is 1. The van der Waals surface area contributed by atoms with Crippen LogP contribution in [0.4, 0.5) is 17.3 Å². The molecule has 0 aliphatic heterocycles. The molecule has 3 aromatic carbocycles. The summed E-state index contributed by atoms with van der Waals surface area (Å²) in [5.41, 5.74) is 0.620. The van der Waals surface area contributed by atoms with Crippen LogP contribution >= 0.6 is 22.6 Å². The molecule has 0 fully saturated rings. The van der Waals surface area contributed by atoms with E-state index >= 15 is 0 Å². The van der Waals surface area contributed by atoms with Gasteiger partial charge in [0.15, 0.2) is 0 Å². The molecule has 1 amide bonds. The van der Waals surface area contributed by atoms with Crippen molar-refractivity contribution in [2.75, 3.05) is 20.9 Å². The van der Waals surface area contributed by atoms with Gasteiger partial charge in [0.25, 0.3) is 20.0 Å². The largest absolute Gasteiger partial charge is 0.325 e. The molecule has 1 aromatic heterocycles. The van der Waals surface area contributed by atoms with Crippen molar-refractivity contribution in [3.8, 4) is 0 Å². The van der Waals surface area contributed by atoms with Gasteiger partial charge in [-0.1, -0.05) is 18.2 Å². The molecule has 0 unspecified atom stereocenters. The number of nitrogens with zero attached hydrogens (tertiary/aromatic N) is 3. The standard InChI is InChI=1S/C24H20IN5O5S2/c25-18-7-11-20(12-8-18)30(37(34,35)22-5-2-1-3-6-22)17-23(31)28-19-9-13-21(14-10-19)36(32,33)29-24-26-15-4-16-27-24/h1-16H,17H2,(H,28,31)(H,26,27,29). The second kappa shape index (κ2) is 11.2. The lowest BCUT2D eigenvalue weighted by atomic mass is 10.3. The van der Waals surface area contributed by atoms with Crippen molar-refractivity contribution in [1.29, 1.82) is 0 Å². The molecule has 10 nitrogen and oxygen atoms in total. The number of aromatic nitrogens is 2. The topological polar surface area (TPSA) is 138 Å². The van der Waals surface area contributed by atoms with E-state index in [2.05, 4.69) is 42.6 Å². The number of hydrogen-bond donors (Lipinski definition) is 2. The van der Waals surface area contributed by atoms with Gasteiger partial charge in [-0.05, 0) is 89.3 Å². The van der Waals surface area contributed by atoms with Crippen molar-refractivity contribution in [2.45, 2.75) is 9.79 Å². The summed E-state index contributed by atoms with van der Waals surface area (Å²) < 4.78 is 56.0. The predicted octanol–water partition coefficient (Wildman–Crippen LogP) is 3.72. The van der Waals surface area contributed by atoms with Gasteiger partial charge in [0.2, 0.25) is 11.9 Å². The molecule has 1 heterocycles. The first-order chi connectivity index (χ1) is 17.6. The summed E-state index contributed by atoms with van der Waals surface area (Å²) in [5, 5.41) is 2.62. The summed E-state index contributed by atoms with van der Waals surface area (Å²) in [6.07, 6.45) is 2.81. The van der Waals surface area contributed by atoms with Crippen molar-refractivity contribution in [3.05, 3.63) is 101 Å². The molecule has 0 aliphatic rings. The maximum absolute atomic E-state index is 13.4. The molecule has 4 aromatic rings. The van der Waals surface area contributed by atoms with E-state index in [9.17, 15) is 21.6 Å². The van der Waals surface area contributed by atoms with E-state index in [1.165, 1.54) is 48.8 Å². The van der Waals surface area contributed by atoms with E-state index in [4.69, 9.17) is 0 Å². The van der Waals surface area contributed by atoms with Crippen LogP contribution in [-0.4, -0.2) is 39.3 Å². The van der Waals surface area contributed by atoms with Crippen LogP contribution in [0.3, 0.4) is 0 Å². The Hall–Kier alpha value is -3.56. The maximum atomic E-state index is 13.4. The van der Waals surface area contributed by atoms with E-state index in [1.54, 1.807) is 48.5 Å². The van der Waals surface area contributed by atoms with E-state index in [0.717, 1.165) is 7.88 Å². The molecule has 0 saturated heterocycles. The smallest absolute Gasteiger partial charge is 0.264 e. The van der Waals surface area contributed by atoms with Crippen LogP contribution in [0.25, 0.3) is 0 Å². The summed E-state index contributed by atoms with van der Waals surface area (Å²) in [5.74, 6) is -0.681. The average molecular weight is 649 g/mol.